The van der Waals surface area contributed by atoms with Gasteiger partial charge in [0.25, 0.3) is 0 Å². The smallest absolute Gasteiger partial charge is 0.0351 e. The Labute approximate surface area is 179 Å². The van der Waals surface area contributed by atoms with E-state index in [0.717, 1.165) is 0 Å². The van der Waals surface area contributed by atoms with Gasteiger partial charge in [0.2, 0.25) is 0 Å². The summed E-state index contributed by atoms with van der Waals surface area (Å²) in [6.07, 6.45) is 40.4. The van der Waals surface area contributed by atoms with Crippen molar-refractivity contribution in [3.05, 3.63) is 24.3 Å². The Morgan fingerprint density at radius 1 is 0.286 bits per heavy atom. The molecule has 166 valence electrons. The third-order valence-electron chi connectivity index (χ3n) is 5.77. The second kappa shape index (κ2) is 26.5. The number of hydrogen-bond acceptors (Lipinski definition) is 0. The van der Waals surface area contributed by atoms with E-state index in [-0.39, 0.29) is 0 Å². The molecule has 0 heterocycles. The Kier molecular flexibility index (Phi) is 26.0. The molecular formula is C28H54. The SMILES string of the molecule is CCCCCCC=CCCCCCCCCCCCC=CCCCCCCC. The monoisotopic (exact) mass is 390 g/mol. The van der Waals surface area contributed by atoms with Crippen LogP contribution >= 0.6 is 0 Å². The van der Waals surface area contributed by atoms with Crippen molar-refractivity contribution in [1.29, 1.82) is 0 Å². The van der Waals surface area contributed by atoms with Gasteiger partial charge < -0.3 is 0 Å². The number of hydrogen-bond donors (Lipinski definition) is 0. The van der Waals surface area contributed by atoms with E-state index in [0.29, 0.717) is 0 Å². The molecule has 0 radical (unpaired) electrons. The highest BCUT2D eigenvalue weighted by atomic mass is 14.0. The average molecular weight is 391 g/mol. The molecule has 0 unspecified atom stereocenters. The summed E-state index contributed by atoms with van der Waals surface area (Å²) in [6, 6.07) is 0. The molecule has 28 heavy (non-hydrogen) atoms. The van der Waals surface area contributed by atoms with Gasteiger partial charge in [-0.1, -0.05) is 128 Å². The summed E-state index contributed by atoms with van der Waals surface area (Å²) in [4.78, 5) is 0. The second-order valence-corrected chi connectivity index (χ2v) is 8.75. The first-order valence-electron chi connectivity index (χ1n) is 13.2. The summed E-state index contributed by atoms with van der Waals surface area (Å²) in [5, 5.41) is 0. The molecule has 0 aromatic heterocycles. The lowest BCUT2D eigenvalue weighted by atomic mass is 10.1. The first kappa shape index (κ1) is 27.5. The van der Waals surface area contributed by atoms with Crippen molar-refractivity contribution >= 4 is 0 Å². The van der Waals surface area contributed by atoms with Gasteiger partial charge in [-0.2, -0.15) is 0 Å². The van der Waals surface area contributed by atoms with Gasteiger partial charge in [-0.05, 0) is 51.4 Å². The number of unbranched alkanes of at least 4 members (excludes halogenated alkanes) is 19. The van der Waals surface area contributed by atoms with Crippen molar-refractivity contribution in [1.82, 2.24) is 0 Å². The van der Waals surface area contributed by atoms with E-state index in [9.17, 15) is 0 Å². The first-order valence-corrected chi connectivity index (χ1v) is 13.2. The molecule has 0 N–H and O–H groups in total. The van der Waals surface area contributed by atoms with Crippen LogP contribution in [0.25, 0.3) is 0 Å². The van der Waals surface area contributed by atoms with Crippen LogP contribution in [0.4, 0.5) is 0 Å². The maximum absolute atomic E-state index is 2.43. The zero-order chi connectivity index (χ0) is 20.4. The standard InChI is InChI=1S/C28H54/c1-3-5-7-9-11-13-15-17-19-21-23-25-27-28-26-24-22-20-18-16-14-12-10-8-6-4-2/h13,15-16,18H,3-12,14,17,19-28H2,1-2H3. The van der Waals surface area contributed by atoms with Crippen molar-refractivity contribution in [2.24, 2.45) is 0 Å². The molecule has 0 aliphatic carbocycles. The molecule has 0 aliphatic heterocycles. The van der Waals surface area contributed by atoms with E-state index in [1.54, 1.807) is 0 Å². The largest absolute Gasteiger partial charge is 0.0885 e. The van der Waals surface area contributed by atoms with Crippen LogP contribution in [0.2, 0.25) is 0 Å². The molecule has 0 amide bonds. The quantitative estimate of drug-likeness (QED) is 0.120. The average Bonchev–Trinajstić information content (AvgIpc) is 2.71. The van der Waals surface area contributed by atoms with Crippen LogP contribution < -0.4 is 0 Å². The van der Waals surface area contributed by atoms with Gasteiger partial charge >= 0.3 is 0 Å². The molecule has 0 aromatic rings. The third kappa shape index (κ3) is 25.5. The number of rotatable bonds is 23. The maximum Gasteiger partial charge on any atom is -0.0351 e. The van der Waals surface area contributed by atoms with E-state index >= 15 is 0 Å². The first-order chi connectivity index (χ1) is 13.9. The van der Waals surface area contributed by atoms with Gasteiger partial charge in [-0.3, -0.25) is 0 Å². The lowest BCUT2D eigenvalue weighted by Crippen LogP contribution is -1.82. The highest BCUT2D eigenvalue weighted by Crippen LogP contribution is 2.12. The van der Waals surface area contributed by atoms with E-state index in [2.05, 4.69) is 38.2 Å². The van der Waals surface area contributed by atoms with E-state index in [1.165, 1.54) is 141 Å². The molecule has 0 bridgehead atoms. The fourth-order valence-electron chi connectivity index (χ4n) is 3.79. The minimum absolute atomic E-state index is 1.30. The van der Waals surface area contributed by atoms with Crippen LogP contribution in [0, 0.1) is 0 Å². The molecular weight excluding hydrogens is 336 g/mol. The van der Waals surface area contributed by atoms with Gasteiger partial charge in [0.15, 0.2) is 0 Å². The zero-order valence-electron chi connectivity index (χ0n) is 19.9. The number of allylic oxidation sites excluding steroid dienone is 4. The van der Waals surface area contributed by atoms with Crippen molar-refractivity contribution in [2.75, 3.05) is 0 Å². The van der Waals surface area contributed by atoms with Gasteiger partial charge in [0, 0.05) is 0 Å². The summed E-state index contributed by atoms with van der Waals surface area (Å²) in [5.74, 6) is 0. The van der Waals surface area contributed by atoms with Crippen molar-refractivity contribution < 1.29 is 0 Å². The summed E-state index contributed by atoms with van der Waals surface area (Å²) >= 11 is 0. The Balaban J connectivity index is 3.09. The molecule has 0 saturated carbocycles. The summed E-state index contributed by atoms with van der Waals surface area (Å²) < 4.78 is 0. The maximum atomic E-state index is 2.43. The molecule has 0 rings (SSSR count). The van der Waals surface area contributed by atoms with Crippen LogP contribution in [0.5, 0.6) is 0 Å². The summed E-state index contributed by atoms with van der Waals surface area (Å²) in [5.41, 5.74) is 0. The summed E-state index contributed by atoms with van der Waals surface area (Å²) in [6.45, 7) is 4.57. The summed E-state index contributed by atoms with van der Waals surface area (Å²) in [7, 11) is 0. The molecule has 0 spiro atoms. The van der Waals surface area contributed by atoms with Crippen LogP contribution in [0.3, 0.4) is 0 Å². The van der Waals surface area contributed by atoms with Crippen LogP contribution in [0.15, 0.2) is 24.3 Å². The molecule has 0 fully saturated rings. The highest BCUT2D eigenvalue weighted by molar-refractivity contribution is 4.82. The van der Waals surface area contributed by atoms with Crippen LogP contribution in [-0.2, 0) is 0 Å². The molecule has 0 aliphatic rings. The van der Waals surface area contributed by atoms with Crippen LogP contribution in [0.1, 0.15) is 155 Å². The second-order valence-electron chi connectivity index (χ2n) is 8.75. The van der Waals surface area contributed by atoms with Gasteiger partial charge in [-0.15, -0.1) is 0 Å². The molecule has 0 nitrogen and oxygen atoms in total. The lowest BCUT2D eigenvalue weighted by Gasteiger charge is -2.01. The molecule has 0 saturated heterocycles. The van der Waals surface area contributed by atoms with Crippen molar-refractivity contribution in [2.45, 2.75) is 155 Å². The van der Waals surface area contributed by atoms with E-state index < -0.39 is 0 Å². The fourth-order valence-corrected chi connectivity index (χ4v) is 3.79. The minimum atomic E-state index is 1.30. The van der Waals surface area contributed by atoms with Gasteiger partial charge in [0.1, 0.15) is 0 Å². The normalized spacial score (nSPS) is 11.9. The Morgan fingerprint density at radius 2 is 0.500 bits per heavy atom. The Morgan fingerprint density at radius 3 is 0.786 bits per heavy atom. The molecule has 0 heteroatoms. The van der Waals surface area contributed by atoms with Crippen LogP contribution in [-0.4, -0.2) is 0 Å². The zero-order valence-corrected chi connectivity index (χ0v) is 19.9. The van der Waals surface area contributed by atoms with E-state index in [4.69, 9.17) is 0 Å². The molecule has 0 aromatic carbocycles. The Hall–Kier alpha value is -0.520. The fraction of sp³-hybridized carbons (Fsp3) is 0.857. The topological polar surface area (TPSA) is 0 Å². The predicted molar refractivity (Wildman–Crippen MR) is 131 cm³/mol. The van der Waals surface area contributed by atoms with Crippen molar-refractivity contribution in [3.8, 4) is 0 Å². The third-order valence-corrected chi connectivity index (χ3v) is 5.77. The predicted octanol–water partition coefficient (Wildman–Crippen LogP) is 10.7. The molecule has 0 atom stereocenters. The Bertz CT molecular complexity index is 312. The van der Waals surface area contributed by atoms with E-state index in [1.807, 2.05) is 0 Å². The van der Waals surface area contributed by atoms with Gasteiger partial charge in [-0.25, -0.2) is 0 Å². The highest BCUT2D eigenvalue weighted by Gasteiger charge is 1.93. The van der Waals surface area contributed by atoms with Gasteiger partial charge in [0.05, 0.1) is 0 Å². The van der Waals surface area contributed by atoms with Crippen molar-refractivity contribution in [3.63, 3.8) is 0 Å². The minimum Gasteiger partial charge on any atom is -0.0885 e. The lowest BCUT2D eigenvalue weighted by molar-refractivity contribution is 0.561.